The van der Waals surface area contributed by atoms with Gasteiger partial charge in [-0.1, -0.05) is 77.0 Å². The Balaban J connectivity index is 3.32. The molecule has 9 heteroatoms. The van der Waals surface area contributed by atoms with E-state index in [0.29, 0.717) is 26.2 Å². The van der Waals surface area contributed by atoms with E-state index in [-0.39, 0.29) is 37.5 Å². The van der Waals surface area contributed by atoms with Crippen LogP contribution >= 0.6 is 0 Å². The van der Waals surface area contributed by atoms with Gasteiger partial charge < -0.3 is 19.3 Å². The summed E-state index contributed by atoms with van der Waals surface area (Å²) in [5.74, 6) is -1.38. The number of nitrogens with zero attached hydrogens (tertiary/aromatic N) is 1. The number of rotatable bonds is 27. The van der Waals surface area contributed by atoms with Gasteiger partial charge in [-0.05, 0) is 32.7 Å². The molecule has 0 amide bonds. The van der Waals surface area contributed by atoms with E-state index in [1.807, 2.05) is 0 Å². The zero-order valence-corrected chi connectivity index (χ0v) is 24.0. The molecule has 0 aliphatic heterocycles. The molecule has 222 valence electrons. The monoisotopic (exact) mass is 543 g/mol. The van der Waals surface area contributed by atoms with Gasteiger partial charge in [-0.15, -0.1) is 0 Å². The Hall–Kier alpha value is -2.16. The molecule has 0 aromatic carbocycles. The molecule has 0 saturated heterocycles. The number of aliphatic carboxylic acids is 1. The average molecular weight is 544 g/mol. The maximum absolute atomic E-state index is 11.8. The fourth-order valence-corrected chi connectivity index (χ4v) is 4.01. The third-order valence-electron chi connectivity index (χ3n) is 6.26. The van der Waals surface area contributed by atoms with E-state index in [1.165, 1.54) is 13.3 Å². The lowest BCUT2D eigenvalue weighted by Gasteiger charge is -2.15. The van der Waals surface area contributed by atoms with Crippen LogP contribution in [0, 0.1) is 0 Å². The first kappa shape index (κ1) is 35.8. The number of carboxylic acids is 1. The first-order chi connectivity index (χ1) is 18.3. The summed E-state index contributed by atoms with van der Waals surface area (Å²) >= 11 is 0. The summed E-state index contributed by atoms with van der Waals surface area (Å²) < 4.78 is 15.4. The Morgan fingerprint density at radius 1 is 0.553 bits per heavy atom. The zero-order chi connectivity index (χ0) is 28.3. The Kier molecular flexibility index (Phi) is 24.9. The molecule has 0 bridgehead atoms. The van der Waals surface area contributed by atoms with Gasteiger partial charge in [-0.25, -0.2) is 0 Å². The highest BCUT2D eigenvalue weighted by atomic mass is 16.5. The average Bonchev–Trinajstić information content (AvgIpc) is 2.85. The van der Waals surface area contributed by atoms with E-state index in [4.69, 9.17) is 19.3 Å². The van der Waals surface area contributed by atoms with Crippen molar-refractivity contribution in [3.8, 4) is 0 Å². The summed E-state index contributed by atoms with van der Waals surface area (Å²) in [6.45, 7) is 3.28. The Bertz CT molecular complexity index is 626. The minimum Gasteiger partial charge on any atom is -0.481 e. The second kappa shape index (κ2) is 26.4. The van der Waals surface area contributed by atoms with Gasteiger partial charge in [-0.2, -0.15) is 0 Å². The van der Waals surface area contributed by atoms with E-state index < -0.39 is 5.97 Å². The normalized spacial score (nSPS) is 10.9. The number of carbonyl (C=O) groups excluding carboxylic acids is 3. The topological polar surface area (TPSA) is 119 Å². The van der Waals surface area contributed by atoms with Crippen LogP contribution < -0.4 is 0 Å². The van der Waals surface area contributed by atoms with E-state index in [0.717, 1.165) is 96.3 Å². The smallest absolute Gasteiger partial charge is 0.320 e. The Labute approximate surface area is 229 Å². The summed E-state index contributed by atoms with van der Waals surface area (Å²) in [5, 5.41) is 8.59. The van der Waals surface area contributed by atoms with Crippen molar-refractivity contribution in [1.29, 1.82) is 0 Å². The fourth-order valence-electron chi connectivity index (χ4n) is 4.01. The molecule has 0 aliphatic carbocycles. The van der Waals surface area contributed by atoms with Gasteiger partial charge in [0.25, 0.3) is 0 Å². The predicted molar refractivity (Wildman–Crippen MR) is 147 cm³/mol. The highest BCUT2D eigenvalue weighted by Crippen LogP contribution is 2.12. The predicted octanol–water partition coefficient (Wildman–Crippen LogP) is 5.67. The number of esters is 3. The molecule has 1 N–H and O–H groups in total. The van der Waals surface area contributed by atoms with Crippen molar-refractivity contribution in [2.24, 2.45) is 0 Å². The minimum absolute atomic E-state index is 0.0898. The number of carboxylic acid groups (broad SMARTS) is 1. The maximum Gasteiger partial charge on any atom is 0.320 e. The van der Waals surface area contributed by atoms with E-state index in [9.17, 15) is 19.2 Å². The van der Waals surface area contributed by atoms with Crippen molar-refractivity contribution < 1.29 is 38.5 Å². The van der Waals surface area contributed by atoms with E-state index in [1.54, 1.807) is 11.9 Å². The summed E-state index contributed by atoms with van der Waals surface area (Å²) in [7, 11) is 1.79. The molecule has 0 unspecified atom stereocenters. The van der Waals surface area contributed by atoms with Crippen molar-refractivity contribution >= 4 is 23.9 Å². The highest BCUT2D eigenvalue weighted by Gasteiger charge is 2.08. The Morgan fingerprint density at radius 3 is 1.45 bits per heavy atom. The van der Waals surface area contributed by atoms with Crippen LogP contribution in [0.2, 0.25) is 0 Å². The first-order valence-corrected chi connectivity index (χ1v) is 14.7. The zero-order valence-electron chi connectivity index (χ0n) is 24.0. The van der Waals surface area contributed by atoms with Crippen molar-refractivity contribution in [2.75, 3.05) is 40.0 Å². The molecule has 0 atom stereocenters. The molecule has 0 radical (unpaired) electrons. The van der Waals surface area contributed by atoms with Crippen molar-refractivity contribution in [2.45, 2.75) is 122 Å². The molecule has 0 aromatic rings. The lowest BCUT2D eigenvalue weighted by Crippen LogP contribution is -2.30. The number of hydrogen-bond donors (Lipinski definition) is 1. The molecular weight excluding hydrogens is 490 g/mol. The van der Waals surface area contributed by atoms with Crippen molar-refractivity contribution in [3.63, 3.8) is 0 Å². The molecule has 0 rings (SSSR count). The van der Waals surface area contributed by atoms with Gasteiger partial charge in [0, 0.05) is 26.3 Å². The van der Waals surface area contributed by atoms with Gasteiger partial charge in [-0.3, -0.25) is 24.1 Å². The molecule has 0 fully saturated rings. The number of hydrogen-bond acceptors (Lipinski definition) is 8. The van der Waals surface area contributed by atoms with Gasteiger partial charge in [0.15, 0.2) is 0 Å². The Morgan fingerprint density at radius 2 is 0.974 bits per heavy atom. The summed E-state index contributed by atoms with van der Waals surface area (Å²) in [4.78, 5) is 46.5. The second-order valence-corrected chi connectivity index (χ2v) is 10.1. The second-order valence-electron chi connectivity index (χ2n) is 10.1. The molecule has 0 aliphatic rings. The molecule has 9 nitrogen and oxygen atoms in total. The van der Waals surface area contributed by atoms with Crippen LogP contribution in [0.25, 0.3) is 0 Å². The van der Waals surface area contributed by atoms with Crippen LogP contribution in [0.1, 0.15) is 122 Å². The molecular formula is C29H53NO8. The van der Waals surface area contributed by atoms with Crippen LogP contribution in [0.4, 0.5) is 0 Å². The van der Waals surface area contributed by atoms with Crippen LogP contribution in [0.15, 0.2) is 0 Å². The van der Waals surface area contributed by atoms with Gasteiger partial charge in [0.2, 0.25) is 0 Å². The maximum atomic E-state index is 11.8. The fraction of sp³-hybridized carbons (Fsp3) is 0.862. The largest absolute Gasteiger partial charge is 0.481 e. The van der Waals surface area contributed by atoms with Crippen LogP contribution in [-0.2, 0) is 33.4 Å². The number of unbranched alkanes of at least 4 members (excludes halogenated alkanes) is 14. The van der Waals surface area contributed by atoms with Gasteiger partial charge in [0.1, 0.15) is 6.61 Å². The molecule has 38 heavy (non-hydrogen) atoms. The highest BCUT2D eigenvalue weighted by molar-refractivity contribution is 5.71. The SMILES string of the molecule is CC(=O)OCCN(C)CC(=O)OCCCCCCCCCCOC(=O)CCCCCCCCCCC(=O)O. The standard InChI is InChI=1S/C29H53NO8/c1-26(31)36-24-21-30(2)25-29(35)38-23-18-14-10-6-5-9-13-17-22-37-28(34)20-16-12-8-4-3-7-11-15-19-27(32)33/h3-25H2,1-2H3,(H,32,33). The van der Waals surface area contributed by atoms with Crippen molar-refractivity contribution in [3.05, 3.63) is 0 Å². The van der Waals surface area contributed by atoms with Gasteiger partial charge in [0.05, 0.1) is 19.8 Å². The summed E-state index contributed by atoms with van der Waals surface area (Å²) in [6, 6.07) is 0. The van der Waals surface area contributed by atoms with Crippen LogP contribution in [0.3, 0.4) is 0 Å². The third-order valence-corrected chi connectivity index (χ3v) is 6.26. The summed E-state index contributed by atoms with van der Waals surface area (Å²) in [6.07, 6.45) is 17.4. The minimum atomic E-state index is -0.713. The third kappa shape index (κ3) is 28.4. The van der Waals surface area contributed by atoms with Gasteiger partial charge >= 0.3 is 23.9 Å². The molecule has 0 spiro atoms. The van der Waals surface area contributed by atoms with Crippen LogP contribution in [0.5, 0.6) is 0 Å². The molecule has 0 aromatic heterocycles. The van der Waals surface area contributed by atoms with E-state index in [2.05, 4.69) is 0 Å². The lowest BCUT2D eigenvalue weighted by atomic mass is 10.1. The van der Waals surface area contributed by atoms with Crippen molar-refractivity contribution in [1.82, 2.24) is 4.90 Å². The van der Waals surface area contributed by atoms with E-state index >= 15 is 0 Å². The summed E-state index contributed by atoms with van der Waals surface area (Å²) in [5.41, 5.74) is 0. The quantitative estimate of drug-likeness (QED) is 0.0793. The number of likely N-dealkylation sites (N-methyl/N-ethyl adjacent to an activating group) is 1. The number of carbonyl (C=O) groups is 4. The molecule has 0 heterocycles. The molecule has 0 saturated carbocycles. The lowest BCUT2D eigenvalue weighted by molar-refractivity contribution is -0.146. The number of ether oxygens (including phenoxy) is 3. The van der Waals surface area contributed by atoms with Crippen LogP contribution in [-0.4, -0.2) is 73.8 Å². The first-order valence-electron chi connectivity index (χ1n) is 14.7.